The third kappa shape index (κ3) is 2.04. The Balaban J connectivity index is 1.94. The first-order chi connectivity index (χ1) is 6.92. The molecule has 2 heterocycles. The quantitative estimate of drug-likeness (QED) is 0.497. The molecule has 0 radical (unpaired) electrons. The molecule has 14 heavy (non-hydrogen) atoms. The van der Waals surface area contributed by atoms with Gasteiger partial charge in [-0.2, -0.15) is 0 Å². The first-order valence-corrected chi connectivity index (χ1v) is 5.35. The van der Waals surface area contributed by atoms with E-state index in [1.165, 1.54) is 19.3 Å². The Bertz CT molecular complexity index is 205. The lowest BCUT2D eigenvalue weighted by atomic mass is 9.94. The molecule has 2 aliphatic heterocycles. The van der Waals surface area contributed by atoms with Crippen molar-refractivity contribution in [3.8, 4) is 0 Å². The van der Waals surface area contributed by atoms with Crippen LogP contribution in [0.1, 0.15) is 19.3 Å². The lowest BCUT2D eigenvalue weighted by Crippen LogP contribution is -2.54. The highest BCUT2D eigenvalue weighted by Gasteiger charge is 2.33. The molecule has 78 valence electrons. The maximum Gasteiger partial charge on any atom is 0.142 e. The zero-order valence-corrected chi connectivity index (χ0v) is 8.39. The SMILES string of the molecule is O=C/C=C/CN1C2CCCC1COC2. The number of carbonyl (C=O) groups excluding carboxylic acids is 1. The van der Waals surface area contributed by atoms with Gasteiger partial charge in [0.05, 0.1) is 13.2 Å². The molecule has 3 nitrogen and oxygen atoms in total. The molecule has 0 aromatic rings. The number of hydrogen-bond donors (Lipinski definition) is 0. The van der Waals surface area contributed by atoms with Crippen molar-refractivity contribution in [2.45, 2.75) is 31.3 Å². The zero-order chi connectivity index (χ0) is 9.80. The Morgan fingerprint density at radius 2 is 2.00 bits per heavy atom. The normalized spacial score (nSPS) is 33.4. The van der Waals surface area contributed by atoms with Crippen LogP contribution in [0.25, 0.3) is 0 Å². The number of nitrogens with zero attached hydrogens (tertiary/aromatic N) is 1. The van der Waals surface area contributed by atoms with E-state index in [9.17, 15) is 4.79 Å². The lowest BCUT2D eigenvalue weighted by Gasteiger charge is -2.45. The van der Waals surface area contributed by atoms with Crippen LogP contribution in [0.3, 0.4) is 0 Å². The largest absolute Gasteiger partial charge is 0.378 e. The molecule has 0 aromatic carbocycles. The molecule has 2 bridgehead atoms. The second-order valence-corrected chi connectivity index (χ2v) is 4.04. The first-order valence-electron chi connectivity index (χ1n) is 5.35. The minimum absolute atomic E-state index is 0.582. The fourth-order valence-electron chi connectivity index (χ4n) is 2.45. The number of fused-ring (bicyclic) bond motifs is 2. The molecule has 2 saturated heterocycles. The number of piperidine rings is 1. The standard InChI is InChI=1S/C11H17NO2/c13-7-2-1-6-12-10-4-3-5-11(12)9-14-8-10/h1-2,7,10-11H,3-6,8-9H2/b2-1+. The van der Waals surface area contributed by atoms with E-state index in [0.29, 0.717) is 12.1 Å². The molecule has 2 unspecified atom stereocenters. The van der Waals surface area contributed by atoms with Gasteiger partial charge in [0, 0.05) is 18.6 Å². The monoisotopic (exact) mass is 195 g/mol. The first kappa shape index (κ1) is 9.87. The topological polar surface area (TPSA) is 29.5 Å². The third-order valence-corrected chi connectivity index (χ3v) is 3.16. The van der Waals surface area contributed by atoms with Gasteiger partial charge in [0.25, 0.3) is 0 Å². The molecule has 0 aliphatic carbocycles. The van der Waals surface area contributed by atoms with Crippen LogP contribution < -0.4 is 0 Å². The molecule has 2 atom stereocenters. The average molecular weight is 195 g/mol. The summed E-state index contributed by atoms with van der Waals surface area (Å²) < 4.78 is 5.54. The van der Waals surface area contributed by atoms with Crippen molar-refractivity contribution in [3.63, 3.8) is 0 Å². The number of allylic oxidation sites excluding steroid dienone is 1. The molecule has 0 aromatic heterocycles. The van der Waals surface area contributed by atoms with E-state index >= 15 is 0 Å². The Morgan fingerprint density at radius 3 is 2.64 bits per heavy atom. The van der Waals surface area contributed by atoms with Crippen molar-refractivity contribution in [1.29, 1.82) is 0 Å². The van der Waals surface area contributed by atoms with Crippen LogP contribution in [0.2, 0.25) is 0 Å². The maximum absolute atomic E-state index is 10.2. The van der Waals surface area contributed by atoms with Crippen molar-refractivity contribution in [2.75, 3.05) is 19.8 Å². The molecule has 0 N–H and O–H groups in total. The smallest absolute Gasteiger partial charge is 0.142 e. The van der Waals surface area contributed by atoms with Gasteiger partial charge in [-0.1, -0.05) is 12.5 Å². The van der Waals surface area contributed by atoms with E-state index in [4.69, 9.17) is 4.74 Å². The van der Waals surface area contributed by atoms with Crippen molar-refractivity contribution >= 4 is 6.29 Å². The average Bonchev–Trinajstić information content (AvgIpc) is 2.17. The number of aldehydes is 1. The van der Waals surface area contributed by atoms with Crippen LogP contribution >= 0.6 is 0 Å². The fourth-order valence-corrected chi connectivity index (χ4v) is 2.45. The van der Waals surface area contributed by atoms with E-state index in [0.717, 1.165) is 26.0 Å². The van der Waals surface area contributed by atoms with Crippen molar-refractivity contribution in [3.05, 3.63) is 12.2 Å². The second kappa shape index (κ2) is 4.71. The predicted molar refractivity (Wildman–Crippen MR) is 54.2 cm³/mol. The highest BCUT2D eigenvalue weighted by atomic mass is 16.5. The molecular weight excluding hydrogens is 178 g/mol. The molecule has 3 heteroatoms. The summed E-state index contributed by atoms with van der Waals surface area (Å²) in [6.45, 7) is 2.63. The molecule has 2 aliphatic rings. The summed E-state index contributed by atoms with van der Waals surface area (Å²) in [7, 11) is 0. The van der Waals surface area contributed by atoms with E-state index in [1.807, 2.05) is 6.08 Å². The fraction of sp³-hybridized carbons (Fsp3) is 0.727. The Hall–Kier alpha value is -0.670. The zero-order valence-electron chi connectivity index (χ0n) is 8.39. The van der Waals surface area contributed by atoms with E-state index < -0.39 is 0 Å². The highest BCUT2D eigenvalue weighted by Crippen LogP contribution is 2.26. The number of morpholine rings is 1. The Labute approximate surface area is 84.7 Å². The van der Waals surface area contributed by atoms with Crippen LogP contribution in [-0.2, 0) is 9.53 Å². The number of rotatable bonds is 3. The molecule has 0 saturated carbocycles. The van der Waals surface area contributed by atoms with E-state index in [-0.39, 0.29) is 0 Å². The van der Waals surface area contributed by atoms with Gasteiger partial charge in [-0.15, -0.1) is 0 Å². The molecule has 0 spiro atoms. The van der Waals surface area contributed by atoms with Gasteiger partial charge in [-0.25, -0.2) is 0 Å². The van der Waals surface area contributed by atoms with Gasteiger partial charge in [0.1, 0.15) is 6.29 Å². The lowest BCUT2D eigenvalue weighted by molar-refractivity contribution is -0.104. The number of ether oxygens (including phenoxy) is 1. The minimum atomic E-state index is 0.582. The van der Waals surface area contributed by atoms with Gasteiger partial charge in [0.15, 0.2) is 0 Å². The summed E-state index contributed by atoms with van der Waals surface area (Å²) in [6.07, 6.45) is 8.19. The summed E-state index contributed by atoms with van der Waals surface area (Å²) in [5.74, 6) is 0. The van der Waals surface area contributed by atoms with Gasteiger partial charge < -0.3 is 4.74 Å². The molecule has 0 amide bonds. The third-order valence-electron chi connectivity index (χ3n) is 3.16. The second-order valence-electron chi connectivity index (χ2n) is 4.04. The summed E-state index contributed by atoms with van der Waals surface area (Å²) in [6, 6.07) is 1.16. The Morgan fingerprint density at radius 1 is 1.29 bits per heavy atom. The predicted octanol–water partition coefficient (Wildman–Crippen LogP) is 0.995. The van der Waals surface area contributed by atoms with Crippen molar-refractivity contribution in [1.82, 2.24) is 4.90 Å². The number of carbonyl (C=O) groups is 1. The van der Waals surface area contributed by atoms with Crippen LogP contribution in [-0.4, -0.2) is 43.0 Å². The maximum atomic E-state index is 10.2. The van der Waals surface area contributed by atoms with Crippen LogP contribution in [0.15, 0.2) is 12.2 Å². The van der Waals surface area contributed by atoms with E-state index in [1.54, 1.807) is 6.08 Å². The van der Waals surface area contributed by atoms with Gasteiger partial charge >= 0.3 is 0 Å². The summed E-state index contributed by atoms with van der Waals surface area (Å²) in [5.41, 5.74) is 0. The summed E-state index contributed by atoms with van der Waals surface area (Å²) in [4.78, 5) is 12.6. The highest BCUT2D eigenvalue weighted by molar-refractivity contribution is 5.64. The van der Waals surface area contributed by atoms with E-state index in [2.05, 4.69) is 4.90 Å². The van der Waals surface area contributed by atoms with Gasteiger partial charge in [-0.05, 0) is 18.9 Å². The number of hydrogen-bond acceptors (Lipinski definition) is 3. The van der Waals surface area contributed by atoms with Crippen molar-refractivity contribution in [2.24, 2.45) is 0 Å². The minimum Gasteiger partial charge on any atom is -0.378 e. The Kier molecular flexibility index (Phi) is 3.32. The van der Waals surface area contributed by atoms with Gasteiger partial charge in [-0.3, -0.25) is 9.69 Å². The summed E-state index contributed by atoms with van der Waals surface area (Å²) in [5, 5.41) is 0. The molecule has 2 rings (SSSR count). The molecular formula is C11H17NO2. The molecule has 2 fully saturated rings. The van der Waals surface area contributed by atoms with Crippen molar-refractivity contribution < 1.29 is 9.53 Å². The summed E-state index contributed by atoms with van der Waals surface area (Å²) >= 11 is 0. The van der Waals surface area contributed by atoms with Crippen LogP contribution in [0.5, 0.6) is 0 Å². The van der Waals surface area contributed by atoms with Crippen LogP contribution in [0.4, 0.5) is 0 Å². The van der Waals surface area contributed by atoms with Gasteiger partial charge in [0.2, 0.25) is 0 Å². The van der Waals surface area contributed by atoms with Crippen LogP contribution in [0, 0.1) is 0 Å².